The maximum atomic E-state index is 11.9. The van der Waals surface area contributed by atoms with E-state index in [2.05, 4.69) is 6.58 Å². The van der Waals surface area contributed by atoms with Crippen LogP contribution in [0.4, 0.5) is 0 Å². The van der Waals surface area contributed by atoms with Gasteiger partial charge in [-0.1, -0.05) is 6.08 Å². The van der Waals surface area contributed by atoms with Crippen molar-refractivity contribution in [2.24, 2.45) is 0 Å². The van der Waals surface area contributed by atoms with Gasteiger partial charge in [-0.15, -0.1) is 6.58 Å². The molecule has 0 radical (unpaired) electrons. The molecule has 0 aliphatic rings. The molecule has 1 amide bonds. The minimum Gasteiger partial charge on any atom is -0.465 e. The second-order valence-corrected chi connectivity index (χ2v) is 3.67. The Kier molecular flexibility index (Phi) is 9.96. The van der Waals surface area contributed by atoms with Gasteiger partial charge in [0.1, 0.15) is 6.54 Å². The van der Waals surface area contributed by atoms with Gasteiger partial charge in [-0.25, -0.2) is 0 Å². The van der Waals surface area contributed by atoms with Crippen LogP contribution in [0.5, 0.6) is 0 Å². The first kappa shape index (κ1) is 16.6. The van der Waals surface area contributed by atoms with Crippen LogP contribution < -0.4 is 0 Å². The third-order valence-corrected chi connectivity index (χ3v) is 2.21. The minimum absolute atomic E-state index is 0.0205. The molecule has 104 valence electrons. The first-order chi connectivity index (χ1) is 8.65. The second kappa shape index (κ2) is 10.8. The van der Waals surface area contributed by atoms with Gasteiger partial charge >= 0.3 is 5.97 Å². The van der Waals surface area contributed by atoms with Crippen LogP contribution in [0.2, 0.25) is 0 Å². The van der Waals surface area contributed by atoms with Crippen LogP contribution in [0.3, 0.4) is 0 Å². The summed E-state index contributed by atoms with van der Waals surface area (Å²) in [5.74, 6) is -0.472. The Morgan fingerprint density at radius 2 is 2.00 bits per heavy atom. The highest BCUT2D eigenvalue weighted by Gasteiger charge is 2.16. The molecule has 0 aliphatic heterocycles. The first-order valence-electron chi connectivity index (χ1n) is 6.27. The molecule has 18 heavy (non-hydrogen) atoms. The monoisotopic (exact) mass is 257 g/mol. The molecular formula is C13H23NO4. The number of ether oxygens (including phenoxy) is 2. The van der Waals surface area contributed by atoms with E-state index in [0.29, 0.717) is 39.2 Å². The predicted octanol–water partition coefficient (Wildman–Crippen LogP) is 1.38. The molecule has 0 aliphatic carbocycles. The molecule has 0 aromatic heterocycles. The summed E-state index contributed by atoms with van der Waals surface area (Å²) in [6.45, 7) is 9.08. The van der Waals surface area contributed by atoms with E-state index in [-0.39, 0.29) is 12.5 Å². The molecule has 5 nitrogen and oxygen atoms in total. The Morgan fingerprint density at radius 1 is 1.28 bits per heavy atom. The summed E-state index contributed by atoms with van der Waals surface area (Å²) < 4.78 is 9.98. The summed E-state index contributed by atoms with van der Waals surface area (Å²) in [7, 11) is 0. The van der Waals surface area contributed by atoms with Gasteiger partial charge < -0.3 is 14.4 Å². The lowest BCUT2D eigenvalue weighted by atomic mass is 10.3. The maximum Gasteiger partial charge on any atom is 0.325 e. The van der Waals surface area contributed by atoms with E-state index in [9.17, 15) is 9.59 Å². The van der Waals surface area contributed by atoms with Crippen molar-refractivity contribution in [1.29, 1.82) is 0 Å². The summed E-state index contributed by atoms with van der Waals surface area (Å²) in [6, 6.07) is 0. The van der Waals surface area contributed by atoms with E-state index < -0.39 is 5.97 Å². The molecule has 0 saturated heterocycles. The summed E-state index contributed by atoms with van der Waals surface area (Å²) in [5.41, 5.74) is 0. The van der Waals surface area contributed by atoms with Crippen LogP contribution >= 0.6 is 0 Å². The van der Waals surface area contributed by atoms with E-state index in [0.717, 1.165) is 0 Å². The van der Waals surface area contributed by atoms with E-state index in [1.54, 1.807) is 13.0 Å². The van der Waals surface area contributed by atoms with Crippen molar-refractivity contribution in [3.8, 4) is 0 Å². The average molecular weight is 257 g/mol. The minimum atomic E-state index is -0.391. The Bertz CT molecular complexity index is 266. The van der Waals surface area contributed by atoms with Crippen molar-refractivity contribution in [3.63, 3.8) is 0 Å². The highest BCUT2D eigenvalue weighted by molar-refractivity contribution is 5.82. The SMILES string of the molecule is C=CCN(CC(=O)OCC)C(=O)CCCOCC. The first-order valence-corrected chi connectivity index (χ1v) is 6.27. The predicted molar refractivity (Wildman–Crippen MR) is 69.1 cm³/mol. The number of carbonyl (C=O) groups excluding carboxylic acids is 2. The second-order valence-electron chi connectivity index (χ2n) is 3.67. The summed E-state index contributed by atoms with van der Waals surface area (Å²) in [6.07, 6.45) is 2.62. The van der Waals surface area contributed by atoms with Crippen LogP contribution in [-0.2, 0) is 19.1 Å². The molecule has 0 unspecified atom stereocenters. The molecule has 0 aromatic rings. The van der Waals surface area contributed by atoms with E-state index in [1.165, 1.54) is 4.90 Å². The zero-order chi connectivity index (χ0) is 13.8. The third kappa shape index (κ3) is 7.84. The van der Waals surface area contributed by atoms with Crippen LogP contribution in [0.25, 0.3) is 0 Å². The number of hydrogen-bond acceptors (Lipinski definition) is 4. The average Bonchev–Trinajstić information content (AvgIpc) is 2.34. The fourth-order valence-electron chi connectivity index (χ4n) is 1.40. The fourth-order valence-corrected chi connectivity index (χ4v) is 1.40. The molecule has 0 heterocycles. The fraction of sp³-hybridized carbons (Fsp3) is 0.692. The largest absolute Gasteiger partial charge is 0.465 e. The smallest absolute Gasteiger partial charge is 0.325 e. The van der Waals surface area contributed by atoms with Crippen molar-refractivity contribution < 1.29 is 19.1 Å². The van der Waals surface area contributed by atoms with E-state index >= 15 is 0 Å². The lowest BCUT2D eigenvalue weighted by Crippen LogP contribution is -2.36. The molecule has 5 heteroatoms. The van der Waals surface area contributed by atoms with Crippen molar-refractivity contribution in [1.82, 2.24) is 4.90 Å². The molecule has 0 saturated carbocycles. The van der Waals surface area contributed by atoms with Crippen molar-refractivity contribution in [2.75, 3.05) is 32.9 Å². The Hall–Kier alpha value is -1.36. The topological polar surface area (TPSA) is 55.8 Å². The Balaban J connectivity index is 4.09. The number of amides is 1. The standard InChI is InChI=1S/C13H23NO4/c1-4-9-14(11-13(16)18-6-3)12(15)8-7-10-17-5-2/h4H,1,5-11H2,2-3H3. The number of carbonyl (C=O) groups is 2. The highest BCUT2D eigenvalue weighted by Crippen LogP contribution is 2.00. The van der Waals surface area contributed by atoms with E-state index in [4.69, 9.17) is 9.47 Å². The number of esters is 1. The quantitative estimate of drug-likeness (QED) is 0.337. The van der Waals surface area contributed by atoms with Crippen LogP contribution in [0.1, 0.15) is 26.7 Å². The van der Waals surface area contributed by atoms with Gasteiger partial charge in [0.2, 0.25) is 5.91 Å². The molecule has 0 fully saturated rings. The van der Waals surface area contributed by atoms with Crippen LogP contribution in [-0.4, -0.2) is 49.7 Å². The number of hydrogen-bond donors (Lipinski definition) is 0. The Morgan fingerprint density at radius 3 is 2.56 bits per heavy atom. The molecule has 0 bridgehead atoms. The Labute approximate surface area is 109 Å². The lowest BCUT2D eigenvalue weighted by Gasteiger charge is -2.19. The zero-order valence-electron chi connectivity index (χ0n) is 11.3. The molecule has 0 spiro atoms. The van der Waals surface area contributed by atoms with Crippen molar-refractivity contribution in [3.05, 3.63) is 12.7 Å². The van der Waals surface area contributed by atoms with Gasteiger partial charge in [0.25, 0.3) is 0 Å². The van der Waals surface area contributed by atoms with Crippen molar-refractivity contribution in [2.45, 2.75) is 26.7 Å². The van der Waals surface area contributed by atoms with Crippen LogP contribution in [0, 0.1) is 0 Å². The summed E-state index contributed by atoms with van der Waals surface area (Å²) in [5, 5.41) is 0. The lowest BCUT2D eigenvalue weighted by molar-refractivity contribution is -0.148. The molecule has 0 N–H and O–H groups in total. The molecule has 0 aromatic carbocycles. The van der Waals surface area contributed by atoms with E-state index in [1.807, 2.05) is 6.92 Å². The zero-order valence-corrected chi connectivity index (χ0v) is 11.3. The van der Waals surface area contributed by atoms with Crippen molar-refractivity contribution >= 4 is 11.9 Å². The maximum absolute atomic E-state index is 11.9. The van der Waals surface area contributed by atoms with Gasteiger partial charge in [-0.05, 0) is 20.3 Å². The van der Waals surface area contributed by atoms with Gasteiger partial charge in [0.15, 0.2) is 0 Å². The van der Waals surface area contributed by atoms with Gasteiger partial charge in [0.05, 0.1) is 6.61 Å². The normalized spacial score (nSPS) is 9.89. The van der Waals surface area contributed by atoms with Gasteiger partial charge in [-0.2, -0.15) is 0 Å². The number of nitrogens with zero attached hydrogens (tertiary/aromatic N) is 1. The highest BCUT2D eigenvalue weighted by atomic mass is 16.5. The summed E-state index contributed by atoms with van der Waals surface area (Å²) in [4.78, 5) is 24.6. The van der Waals surface area contributed by atoms with Crippen LogP contribution in [0.15, 0.2) is 12.7 Å². The molecule has 0 atom stereocenters. The third-order valence-electron chi connectivity index (χ3n) is 2.21. The van der Waals surface area contributed by atoms with Gasteiger partial charge in [-0.3, -0.25) is 9.59 Å². The number of rotatable bonds is 10. The molecule has 0 rings (SSSR count). The molecular weight excluding hydrogens is 234 g/mol. The summed E-state index contributed by atoms with van der Waals surface area (Å²) >= 11 is 0. The van der Waals surface area contributed by atoms with Gasteiger partial charge in [0, 0.05) is 26.2 Å².